The van der Waals surface area contributed by atoms with Crippen LogP contribution < -0.4 is 0 Å². The molecule has 5 aromatic rings. The molecule has 1 N–H and O–H groups in total. The number of rotatable bonds is 8. The van der Waals surface area contributed by atoms with E-state index < -0.39 is 5.97 Å². The third kappa shape index (κ3) is 6.36. The third-order valence-electron chi connectivity index (χ3n) is 8.63. The van der Waals surface area contributed by atoms with Crippen molar-refractivity contribution in [1.82, 2.24) is 14.5 Å². The van der Waals surface area contributed by atoms with Gasteiger partial charge in [0, 0.05) is 57.8 Å². The van der Waals surface area contributed by atoms with Crippen molar-refractivity contribution in [2.24, 2.45) is 0 Å². The molecule has 2 aliphatic rings. The summed E-state index contributed by atoms with van der Waals surface area (Å²) in [6.45, 7) is 2.76. The summed E-state index contributed by atoms with van der Waals surface area (Å²) in [7, 11) is 0. The molecule has 7 rings (SSSR count). The molecular formula is C34H32Cl3N3O2S. The van der Waals surface area contributed by atoms with Crippen molar-refractivity contribution in [2.75, 3.05) is 13.1 Å². The van der Waals surface area contributed by atoms with E-state index in [-0.39, 0.29) is 18.3 Å². The molecular weight excluding hydrogens is 621 g/mol. The summed E-state index contributed by atoms with van der Waals surface area (Å²) in [6, 6.07) is 25.3. The molecule has 5 nitrogen and oxygen atoms in total. The van der Waals surface area contributed by atoms with Gasteiger partial charge in [-0.25, -0.2) is 9.78 Å². The minimum Gasteiger partial charge on any atom is -0.478 e. The number of thiophene rings is 1. The average Bonchev–Trinajstić information content (AvgIpc) is 3.61. The summed E-state index contributed by atoms with van der Waals surface area (Å²) in [6.07, 6.45) is 4.50. The van der Waals surface area contributed by atoms with E-state index in [0.29, 0.717) is 17.5 Å². The SMILES string of the molecule is Cl.O=C(O)c1csc(CN2CCC(n3c(C4CC4)nc4ccc(C(c5ccc(Cl)cc5)c5ccc(Cl)cc5)cc43)CC2)c1. The van der Waals surface area contributed by atoms with Crippen molar-refractivity contribution < 1.29 is 9.90 Å². The zero-order chi connectivity index (χ0) is 28.8. The van der Waals surface area contributed by atoms with Crippen LogP contribution in [0.3, 0.4) is 0 Å². The van der Waals surface area contributed by atoms with Crippen LogP contribution >= 0.6 is 46.9 Å². The van der Waals surface area contributed by atoms with Gasteiger partial charge in [0.15, 0.2) is 0 Å². The number of piperidine rings is 1. The van der Waals surface area contributed by atoms with Gasteiger partial charge in [-0.1, -0.05) is 53.5 Å². The number of hydrogen-bond donors (Lipinski definition) is 1. The molecule has 222 valence electrons. The fraction of sp³-hybridized carbons (Fsp3) is 0.294. The first-order chi connectivity index (χ1) is 20.4. The zero-order valence-electron chi connectivity index (χ0n) is 23.5. The summed E-state index contributed by atoms with van der Waals surface area (Å²) in [5.41, 5.74) is 6.25. The van der Waals surface area contributed by atoms with Crippen LogP contribution in [0.2, 0.25) is 10.0 Å². The standard InChI is InChI=1S/C34H31Cl2N3O2S.ClH/c35-26-8-3-21(4-9-26)32(22-5-10-27(36)11-6-22)24-7-12-30-31(18-24)39(33(37-30)23-1-2-23)28-13-15-38(16-14-28)19-29-17-25(20-42-29)34(40)41;/h3-12,17-18,20,23,28,32H,1-2,13-16,19H2,(H,40,41);1H. The first-order valence-electron chi connectivity index (χ1n) is 14.5. The van der Waals surface area contributed by atoms with Crippen LogP contribution in [0.4, 0.5) is 0 Å². The molecule has 0 amide bonds. The lowest BCUT2D eigenvalue weighted by Gasteiger charge is -2.33. The molecule has 3 heterocycles. The molecule has 43 heavy (non-hydrogen) atoms. The number of halogens is 3. The summed E-state index contributed by atoms with van der Waals surface area (Å²) in [5, 5.41) is 12.5. The third-order valence-corrected chi connectivity index (χ3v) is 10.1. The van der Waals surface area contributed by atoms with Crippen LogP contribution in [0.15, 0.2) is 78.2 Å². The summed E-state index contributed by atoms with van der Waals surface area (Å²) >= 11 is 14.1. The normalized spacial score (nSPS) is 16.1. The Morgan fingerprint density at radius 1 is 0.884 bits per heavy atom. The molecule has 1 aliphatic heterocycles. The molecule has 2 fully saturated rings. The number of aromatic carboxylic acids is 1. The highest BCUT2D eigenvalue weighted by molar-refractivity contribution is 7.10. The first kappa shape index (κ1) is 30.2. The number of nitrogens with zero attached hydrogens (tertiary/aromatic N) is 3. The van der Waals surface area contributed by atoms with Gasteiger partial charge in [-0.3, -0.25) is 4.90 Å². The van der Waals surface area contributed by atoms with Crippen LogP contribution in [-0.2, 0) is 6.54 Å². The summed E-state index contributed by atoms with van der Waals surface area (Å²) in [5.74, 6) is 0.965. The molecule has 3 aromatic carbocycles. The molecule has 1 saturated carbocycles. The molecule has 9 heteroatoms. The maximum Gasteiger partial charge on any atom is 0.336 e. The fourth-order valence-electron chi connectivity index (χ4n) is 6.34. The Kier molecular flexibility index (Phi) is 8.86. The lowest BCUT2D eigenvalue weighted by Crippen LogP contribution is -2.34. The Morgan fingerprint density at radius 3 is 2.05 bits per heavy atom. The predicted octanol–water partition coefficient (Wildman–Crippen LogP) is 9.42. The van der Waals surface area contributed by atoms with Crippen molar-refractivity contribution in [3.63, 3.8) is 0 Å². The summed E-state index contributed by atoms with van der Waals surface area (Å²) in [4.78, 5) is 20.1. The van der Waals surface area contributed by atoms with Gasteiger partial charge in [-0.05, 0) is 84.8 Å². The van der Waals surface area contributed by atoms with E-state index in [1.54, 1.807) is 5.38 Å². The number of carbonyl (C=O) groups is 1. The quantitative estimate of drug-likeness (QED) is 0.170. The van der Waals surface area contributed by atoms with Crippen LogP contribution in [0, 0.1) is 0 Å². The number of hydrogen-bond acceptors (Lipinski definition) is 4. The van der Waals surface area contributed by atoms with Gasteiger partial charge in [0.25, 0.3) is 0 Å². The average molecular weight is 653 g/mol. The van der Waals surface area contributed by atoms with Gasteiger partial charge in [0.1, 0.15) is 5.82 Å². The number of aromatic nitrogens is 2. The van der Waals surface area contributed by atoms with Crippen molar-refractivity contribution in [2.45, 2.75) is 50.1 Å². The topological polar surface area (TPSA) is 58.4 Å². The van der Waals surface area contributed by atoms with Gasteiger partial charge in [-0.2, -0.15) is 0 Å². The Bertz CT molecular complexity index is 1690. The largest absolute Gasteiger partial charge is 0.478 e. The molecule has 0 spiro atoms. The van der Waals surface area contributed by atoms with Crippen LogP contribution in [0.25, 0.3) is 11.0 Å². The monoisotopic (exact) mass is 651 g/mol. The van der Waals surface area contributed by atoms with Gasteiger partial charge < -0.3 is 9.67 Å². The van der Waals surface area contributed by atoms with Crippen molar-refractivity contribution in [3.8, 4) is 0 Å². The van der Waals surface area contributed by atoms with Crippen LogP contribution in [0.5, 0.6) is 0 Å². The minimum absolute atomic E-state index is 0. The highest BCUT2D eigenvalue weighted by atomic mass is 35.5. The molecule has 1 saturated heterocycles. The Morgan fingerprint density at radius 2 is 1.49 bits per heavy atom. The van der Waals surface area contributed by atoms with E-state index >= 15 is 0 Å². The maximum atomic E-state index is 11.3. The highest BCUT2D eigenvalue weighted by Gasteiger charge is 2.33. The van der Waals surface area contributed by atoms with Gasteiger partial charge in [0.05, 0.1) is 16.6 Å². The van der Waals surface area contributed by atoms with E-state index in [9.17, 15) is 9.90 Å². The van der Waals surface area contributed by atoms with Gasteiger partial charge in [0.2, 0.25) is 0 Å². The summed E-state index contributed by atoms with van der Waals surface area (Å²) < 4.78 is 2.56. The fourth-order valence-corrected chi connectivity index (χ4v) is 7.49. The number of imidazole rings is 1. The molecule has 0 radical (unpaired) electrons. The zero-order valence-corrected chi connectivity index (χ0v) is 26.6. The molecule has 0 unspecified atom stereocenters. The molecule has 0 atom stereocenters. The lowest BCUT2D eigenvalue weighted by atomic mass is 9.85. The van der Waals surface area contributed by atoms with E-state index in [1.807, 2.05) is 30.3 Å². The number of carboxylic acids is 1. The molecule has 2 aromatic heterocycles. The second-order valence-corrected chi connectivity index (χ2v) is 13.4. The number of benzene rings is 3. The van der Waals surface area contributed by atoms with Gasteiger partial charge >= 0.3 is 5.97 Å². The van der Waals surface area contributed by atoms with E-state index in [1.165, 1.54) is 52.2 Å². The molecule has 0 bridgehead atoms. The lowest BCUT2D eigenvalue weighted by molar-refractivity contribution is 0.0697. The number of carboxylic acid groups (broad SMARTS) is 1. The van der Waals surface area contributed by atoms with Crippen LogP contribution in [0.1, 0.15) is 81.3 Å². The van der Waals surface area contributed by atoms with E-state index in [2.05, 4.69) is 51.9 Å². The number of likely N-dealkylation sites (tertiary alicyclic amines) is 1. The van der Waals surface area contributed by atoms with Crippen molar-refractivity contribution in [1.29, 1.82) is 0 Å². The Labute approximate surface area is 271 Å². The Hall–Kier alpha value is -2.87. The van der Waals surface area contributed by atoms with Crippen molar-refractivity contribution in [3.05, 3.63) is 121 Å². The molecule has 1 aliphatic carbocycles. The highest BCUT2D eigenvalue weighted by Crippen LogP contribution is 2.44. The van der Waals surface area contributed by atoms with E-state index in [4.69, 9.17) is 28.2 Å². The van der Waals surface area contributed by atoms with Crippen LogP contribution in [-0.4, -0.2) is 38.6 Å². The first-order valence-corrected chi connectivity index (χ1v) is 16.1. The second-order valence-electron chi connectivity index (χ2n) is 11.5. The van der Waals surface area contributed by atoms with Crippen molar-refractivity contribution >= 4 is 63.9 Å². The number of fused-ring (bicyclic) bond motifs is 1. The predicted molar refractivity (Wildman–Crippen MR) is 178 cm³/mol. The smallest absolute Gasteiger partial charge is 0.336 e. The Balaban J connectivity index is 0.00000329. The second kappa shape index (κ2) is 12.6. The van der Waals surface area contributed by atoms with E-state index in [0.717, 1.165) is 52.9 Å². The van der Waals surface area contributed by atoms with Gasteiger partial charge in [-0.15, -0.1) is 23.7 Å². The minimum atomic E-state index is -0.857. The maximum absolute atomic E-state index is 11.3.